The fourth-order valence-electron chi connectivity index (χ4n) is 3.93. The summed E-state index contributed by atoms with van der Waals surface area (Å²) in [5.41, 5.74) is -1.83. The van der Waals surface area contributed by atoms with E-state index in [0.717, 1.165) is 4.90 Å². The number of Topliss-reactive ketones (excluding diaryl/α,β-unsaturated/α-hetero) is 1. The molecule has 2 aliphatic rings. The number of hydrogen-bond acceptors (Lipinski definition) is 9. The van der Waals surface area contributed by atoms with Gasteiger partial charge in [0.15, 0.2) is 17.1 Å². The highest BCUT2D eigenvalue weighted by Crippen LogP contribution is 2.51. The van der Waals surface area contributed by atoms with E-state index in [1.807, 2.05) is 0 Å². The number of ether oxygens (including phenoxy) is 2. The Morgan fingerprint density at radius 2 is 1.69 bits per heavy atom. The predicted molar refractivity (Wildman–Crippen MR) is 87.3 cm³/mol. The second-order valence-electron chi connectivity index (χ2n) is 6.66. The molecular weight excluding hydrogens is 346 g/mol. The second kappa shape index (κ2) is 5.88. The van der Waals surface area contributed by atoms with Gasteiger partial charge in [0.25, 0.3) is 5.91 Å². The molecule has 0 bridgehead atoms. The maximum absolute atomic E-state index is 12.6. The van der Waals surface area contributed by atoms with Crippen LogP contribution < -0.4 is 9.47 Å². The van der Waals surface area contributed by atoms with Gasteiger partial charge in [0.05, 0.1) is 14.2 Å². The molecule has 5 N–H and O–H groups in total. The molecule has 9 heteroatoms. The van der Waals surface area contributed by atoms with E-state index in [2.05, 4.69) is 0 Å². The average molecular weight is 369 g/mol. The molecule has 2 aliphatic heterocycles. The average Bonchev–Trinajstić information content (AvgIpc) is 2.63. The van der Waals surface area contributed by atoms with E-state index in [4.69, 9.17) is 9.47 Å². The SMILES string of the molecule is CCC1(O)C(=O)C(O)(O)C2c3cc(OC)c(OC)cc3CCN2C1(O)O. The van der Waals surface area contributed by atoms with E-state index in [1.165, 1.54) is 27.2 Å². The van der Waals surface area contributed by atoms with Gasteiger partial charge in [-0.05, 0) is 36.1 Å². The minimum Gasteiger partial charge on any atom is -0.493 e. The van der Waals surface area contributed by atoms with Crippen molar-refractivity contribution >= 4 is 5.78 Å². The lowest BCUT2D eigenvalue weighted by Crippen LogP contribution is -2.80. The number of hydrogen-bond donors (Lipinski definition) is 5. The molecule has 144 valence electrons. The van der Waals surface area contributed by atoms with Crippen LogP contribution in [0.5, 0.6) is 11.5 Å². The molecule has 2 atom stereocenters. The molecule has 2 heterocycles. The van der Waals surface area contributed by atoms with Crippen LogP contribution in [0.3, 0.4) is 0 Å². The van der Waals surface area contributed by atoms with Gasteiger partial charge in [-0.2, -0.15) is 0 Å². The van der Waals surface area contributed by atoms with E-state index in [1.54, 1.807) is 6.07 Å². The number of ketones is 1. The summed E-state index contributed by atoms with van der Waals surface area (Å²) < 4.78 is 10.5. The Morgan fingerprint density at radius 3 is 2.23 bits per heavy atom. The van der Waals surface area contributed by atoms with Gasteiger partial charge in [0, 0.05) is 6.54 Å². The minimum absolute atomic E-state index is 0.0292. The van der Waals surface area contributed by atoms with Crippen molar-refractivity contribution in [2.75, 3.05) is 20.8 Å². The standard InChI is InChI=1S/C17H23NO8/c1-4-15(20)14(19)16(21,22)13-10-8-12(26-3)11(25-2)7-9(10)5-6-18(13)17(15,23)24/h7-8,13,20-24H,4-6H2,1-3H3. The molecule has 0 radical (unpaired) electrons. The van der Waals surface area contributed by atoms with E-state index < -0.39 is 35.5 Å². The summed E-state index contributed by atoms with van der Waals surface area (Å²) in [4.78, 5) is 13.5. The number of piperidine rings is 1. The fourth-order valence-corrected chi connectivity index (χ4v) is 3.93. The van der Waals surface area contributed by atoms with Crippen LogP contribution >= 0.6 is 0 Å². The van der Waals surface area contributed by atoms with Crippen LogP contribution in [0.1, 0.15) is 30.5 Å². The first-order valence-corrected chi connectivity index (χ1v) is 8.24. The Labute approximate surface area is 150 Å². The summed E-state index contributed by atoms with van der Waals surface area (Å²) in [6.07, 6.45) is -0.108. The van der Waals surface area contributed by atoms with Crippen molar-refractivity contribution in [1.82, 2.24) is 4.90 Å². The minimum atomic E-state index is -3.03. The maximum Gasteiger partial charge on any atom is 0.263 e. The third-order valence-corrected chi connectivity index (χ3v) is 5.43. The topological polar surface area (TPSA) is 140 Å². The molecular formula is C17H23NO8. The normalized spacial score (nSPS) is 29.7. The number of fused-ring (bicyclic) bond motifs is 3. The van der Waals surface area contributed by atoms with Crippen LogP contribution in [-0.2, 0) is 11.2 Å². The third kappa shape index (κ3) is 2.22. The maximum atomic E-state index is 12.6. The lowest BCUT2D eigenvalue weighted by molar-refractivity contribution is -0.392. The first-order chi connectivity index (χ1) is 12.1. The molecule has 0 aliphatic carbocycles. The van der Waals surface area contributed by atoms with Crippen molar-refractivity contribution in [2.45, 2.75) is 43.1 Å². The zero-order valence-corrected chi connectivity index (χ0v) is 14.8. The molecule has 0 spiro atoms. The smallest absolute Gasteiger partial charge is 0.263 e. The lowest BCUT2D eigenvalue weighted by atomic mass is 9.73. The number of rotatable bonds is 3. The van der Waals surface area contributed by atoms with Gasteiger partial charge in [-0.1, -0.05) is 6.92 Å². The zero-order chi connectivity index (χ0) is 19.5. The number of aliphatic hydroxyl groups is 5. The number of benzene rings is 1. The van der Waals surface area contributed by atoms with Crippen molar-refractivity contribution in [3.05, 3.63) is 23.3 Å². The molecule has 2 unspecified atom stereocenters. The Bertz CT molecular complexity index is 747. The molecule has 0 amide bonds. The van der Waals surface area contributed by atoms with Gasteiger partial charge in [-0.3, -0.25) is 4.79 Å². The summed E-state index contributed by atoms with van der Waals surface area (Å²) >= 11 is 0. The van der Waals surface area contributed by atoms with Crippen molar-refractivity contribution in [3.8, 4) is 11.5 Å². The van der Waals surface area contributed by atoms with Crippen LogP contribution in [0.25, 0.3) is 0 Å². The largest absolute Gasteiger partial charge is 0.493 e. The van der Waals surface area contributed by atoms with Gasteiger partial charge in [0.2, 0.25) is 11.6 Å². The van der Waals surface area contributed by atoms with Gasteiger partial charge < -0.3 is 35.0 Å². The number of nitrogens with zero attached hydrogens (tertiary/aromatic N) is 1. The van der Waals surface area contributed by atoms with Gasteiger partial charge in [-0.15, -0.1) is 0 Å². The summed E-state index contributed by atoms with van der Waals surface area (Å²) in [5, 5.41) is 52.8. The Kier molecular flexibility index (Phi) is 4.30. The van der Waals surface area contributed by atoms with Crippen molar-refractivity contribution in [1.29, 1.82) is 0 Å². The quantitative estimate of drug-likeness (QED) is 0.409. The van der Waals surface area contributed by atoms with E-state index in [-0.39, 0.29) is 17.9 Å². The molecule has 0 aromatic heterocycles. The van der Waals surface area contributed by atoms with Crippen molar-refractivity contribution in [2.24, 2.45) is 0 Å². The Hall–Kier alpha value is -1.75. The summed E-state index contributed by atoms with van der Waals surface area (Å²) in [5.74, 6) is -6.76. The molecule has 1 saturated heterocycles. The molecule has 1 aromatic carbocycles. The monoisotopic (exact) mass is 369 g/mol. The van der Waals surface area contributed by atoms with Crippen LogP contribution in [0.4, 0.5) is 0 Å². The molecule has 26 heavy (non-hydrogen) atoms. The molecule has 3 rings (SSSR count). The van der Waals surface area contributed by atoms with E-state index in [9.17, 15) is 30.3 Å². The zero-order valence-electron chi connectivity index (χ0n) is 14.8. The van der Waals surface area contributed by atoms with Gasteiger partial charge >= 0.3 is 0 Å². The highest BCUT2D eigenvalue weighted by Gasteiger charge is 2.71. The van der Waals surface area contributed by atoms with E-state index >= 15 is 0 Å². The highest BCUT2D eigenvalue weighted by molar-refractivity contribution is 5.96. The van der Waals surface area contributed by atoms with Crippen LogP contribution in [0.15, 0.2) is 12.1 Å². The number of carbonyl (C=O) groups is 1. The Morgan fingerprint density at radius 1 is 1.12 bits per heavy atom. The predicted octanol–water partition coefficient (Wildman–Crippen LogP) is -1.35. The summed E-state index contributed by atoms with van der Waals surface area (Å²) in [6, 6.07) is 1.61. The second-order valence-corrected chi connectivity index (χ2v) is 6.66. The first-order valence-electron chi connectivity index (χ1n) is 8.24. The number of methoxy groups -OCH3 is 2. The van der Waals surface area contributed by atoms with Crippen LogP contribution in [0, 0.1) is 0 Å². The van der Waals surface area contributed by atoms with Gasteiger partial charge in [-0.25, -0.2) is 4.90 Å². The fraction of sp³-hybridized carbons (Fsp3) is 0.588. The molecule has 9 nitrogen and oxygen atoms in total. The van der Waals surface area contributed by atoms with Crippen LogP contribution in [-0.4, -0.2) is 74.3 Å². The van der Waals surface area contributed by atoms with Crippen molar-refractivity contribution < 1.29 is 39.8 Å². The Balaban J connectivity index is 2.23. The lowest BCUT2D eigenvalue weighted by Gasteiger charge is -2.57. The van der Waals surface area contributed by atoms with Gasteiger partial charge in [0.1, 0.15) is 6.04 Å². The van der Waals surface area contributed by atoms with Crippen LogP contribution in [0.2, 0.25) is 0 Å². The number of carbonyl (C=O) groups excluding carboxylic acids is 1. The van der Waals surface area contributed by atoms with Crippen molar-refractivity contribution in [3.63, 3.8) is 0 Å². The molecule has 1 fully saturated rings. The van der Waals surface area contributed by atoms with E-state index in [0.29, 0.717) is 17.7 Å². The summed E-state index contributed by atoms with van der Waals surface area (Å²) in [7, 11) is 2.86. The highest BCUT2D eigenvalue weighted by atomic mass is 16.6. The first kappa shape index (κ1) is 19.0. The molecule has 0 saturated carbocycles. The molecule has 1 aromatic rings. The summed E-state index contributed by atoms with van der Waals surface area (Å²) in [6.45, 7) is 1.32. The third-order valence-electron chi connectivity index (χ3n) is 5.43.